The first-order valence-corrected chi connectivity index (χ1v) is 9.90. The van der Waals surface area contributed by atoms with Gasteiger partial charge in [-0.2, -0.15) is 0 Å². The number of hydrogen-bond acceptors (Lipinski definition) is 2. The quantitative estimate of drug-likeness (QED) is 0.734. The average molecular weight is 409 g/mol. The van der Waals surface area contributed by atoms with Gasteiger partial charge in [-0.15, -0.1) is 0 Å². The topological polar surface area (TPSA) is 32.3 Å². The molecule has 1 heterocycles. The lowest BCUT2D eigenvalue weighted by Gasteiger charge is -2.32. The summed E-state index contributed by atoms with van der Waals surface area (Å²) < 4.78 is 13.0. The van der Waals surface area contributed by atoms with Gasteiger partial charge in [-0.25, -0.2) is 4.39 Å². The van der Waals surface area contributed by atoms with Crippen LogP contribution in [0.4, 0.5) is 4.39 Å². The first kappa shape index (κ1) is 20.1. The van der Waals surface area contributed by atoms with Gasteiger partial charge in [0.2, 0.25) is 5.91 Å². The predicted octanol–water partition coefficient (Wildman–Crippen LogP) is 5.22. The van der Waals surface area contributed by atoms with E-state index < -0.39 is 0 Å². The molecule has 0 saturated carbocycles. The number of nitrogens with zero attached hydrogens (tertiary/aromatic N) is 1. The Bertz CT molecular complexity index is 789. The SMILES string of the molecule is C[C@@H](NC(=O)C1CCN(Cc2ccc(Cl)cc2Cl)CC1)c1ccc(F)cc1. The van der Waals surface area contributed by atoms with Crippen LogP contribution in [0.25, 0.3) is 0 Å². The second kappa shape index (κ2) is 9.05. The molecule has 1 aliphatic heterocycles. The second-order valence-corrected chi connectivity index (χ2v) is 7.91. The lowest BCUT2D eigenvalue weighted by atomic mass is 9.95. The van der Waals surface area contributed by atoms with Crippen LogP contribution < -0.4 is 5.32 Å². The maximum Gasteiger partial charge on any atom is 0.223 e. The Kier molecular flexibility index (Phi) is 6.74. The molecule has 1 atom stereocenters. The number of rotatable bonds is 5. The first-order chi connectivity index (χ1) is 12.9. The molecule has 6 heteroatoms. The normalized spacial score (nSPS) is 16.9. The van der Waals surface area contributed by atoms with E-state index in [0.717, 1.165) is 43.6 Å². The van der Waals surface area contributed by atoms with E-state index in [9.17, 15) is 9.18 Å². The van der Waals surface area contributed by atoms with Crippen molar-refractivity contribution in [2.24, 2.45) is 5.92 Å². The fourth-order valence-corrected chi connectivity index (χ4v) is 3.88. The number of carbonyl (C=O) groups excluding carboxylic acids is 1. The van der Waals surface area contributed by atoms with Crippen LogP contribution in [-0.2, 0) is 11.3 Å². The summed E-state index contributed by atoms with van der Waals surface area (Å²) in [5, 5.41) is 4.36. The van der Waals surface area contributed by atoms with Crippen molar-refractivity contribution in [1.29, 1.82) is 0 Å². The first-order valence-electron chi connectivity index (χ1n) is 9.14. The van der Waals surface area contributed by atoms with Crippen molar-refractivity contribution in [2.45, 2.75) is 32.4 Å². The van der Waals surface area contributed by atoms with Crippen molar-refractivity contribution in [1.82, 2.24) is 10.2 Å². The van der Waals surface area contributed by atoms with Gasteiger partial charge >= 0.3 is 0 Å². The lowest BCUT2D eigenvalue weighted by molar-refractivity contribution is -0.127. The maximum atomic E-state index is 13.0. The second-order valence-electron chi connectivity index (χ2n) is 7.07. The van der Waals surface area contributed by atoms with Crippen molar-refractivity contribution in [3.63, 3.8) is 0 Å². The van der Waals surface area contributed by atoms with E-state index >= 15 is 0 Å². The molecule has 1 aliphatic rings. The molecule has 1 amide bonds. The van der Waals surface area contributed by atoms with Crippen LogP contribution in [0.1, 0.15) is 36.9 Å². The van der Waals surface area contributed by atoms with Crippen molar-refractivity contribution < 1.29 is 9.18 Å². The maximum absolute atomic E-state index is 13.0. The molecule has 1 saturated heterocycles. The Morgan fingerprint density at radius 3 is 2.48 bits per heavy atom. The van der Waals surface area contributed by atoms with Crippen LogP contribution in [0, 0.1) is 11.7 Å². The third-order valence-corrected chi connectivity index (χ3v) is 5.68. The zero-order chi connectivity index (χ0) is 19.4. The molecular formula is C21H23Cl2FN2O. The molecule has 2 aromatic carbocycles. The van der Waals surface area contributed by atoms with E-state index in [1.807, 2.05) is 19.1 Å². The molecule has 1 N–H and O–H groups in total. The number of likely N-dealkylation sites (tertiary alicyclic amines) is 1. The number of nitrogens with one attached hydrogen (secondary N) is 1. The fourth-order valence-electron chi connectivity index (χ4n) is 3.41. The number of benzene rings is 2. The molecule has 0 bridgehead atoms. The van der Waals surface area contributed by atoms with E-state index in [0.29, 0.717) is 10.0 Å². The van der Waals surface area contributed by atoms with Gasteiger partial charge < -0.3 is 5.32 Å². The molecule has 0 aliphatic carbocycles. The molecule has 3 rings (SSSR count). The highest BCUT2D eigenvalue weighted by Gasteiger charge is 2.26. The molecule has 0 aromatic heterocycles. The van der Waals surface area contributed by atoms with Gasteiger partial charge in [-0.05, 0) is 68.2 Å². The van der Waals surface area contributed by atoms with Crippen LogP contribution in [0.3, 0.4) is 0 Å². The third kappa shape index (κ3) is 5.44. The van der Waals surface area contributed by atoms with Crippen LogP contribution in [0.2, 0.25) is 10.0 Å². The number of piperidine rings is 1. The minimum atomic E-state index is -0.273. The smallest absolute Gasteiger partial charge is 0.223 e. The van der Waals surface area contributed by atoms with Crippen LogP contribution in [0.15, 0.2) is 42.5 Å². The highest BCUT2D eigenvalue weighted by atomic mass is 35.5. The highest BCUT2D eigenvalue weighted by Crippen LogP contribution is 2.25. The molecule has 1 fully saturated rings. The summed E-state index contributed by atoms with van der Waals surface area (Å²) in [7, 11) is 0. The third-order valence-electron chi connectivity index (χ3n) is 5.10. The van der Waals surface area contributed by atoms with Crippen molar-refractivity contribution in [2.75, 3.05) is 13.1 Å². The highest BCUT2D eigenvalue weighted by molar-refractivity contribution is 6.35. The van der Waals surface area contributed by atoms with Crippen LogP contribution >= 0.6 is 23.2 Å². The van der Waals surface area contributed by atoms with Gasteiger partial charge in [-0.3, -0.25) is 9.69 Å². The summed E-state index contributed by atoms with van der Waals surface area (Å²) in [6.07, 6.45) is 1.63. The molecule has 0 spiro atoms. The lowest BCUT2D eigenvalue weighted by Crippen LogP contribution is -2.40. The number of carbonyl (C=O) groups is 1. The predicted molar refractivity (Wildman–Crippen MR) is 107 cm³/mol. The molecule has 144 valence electrons. The van der Waals surface area contributed by atoms with Crippen molar-refractivity contribution >= 4 is 29.1 Å². The number of halogens is 3. The van der Waals surface area contributed by atoms with E-state index in [-0.39, 0.29) is 23.7 Å². The number of hydrogen-bond donors (Lipinski definition) is 1. The van der Waals surface area contributed by atoms with Gasteiger partial charge in [0.15, 0.2) is 0 Å². The molecule has 0 unspecified atom stereocenters. The summed E-state index contributed by atoms with van der Waals surface area (Å²) in [6.45, 7) is 4.38. The molecule has 0 radical (unpaired) electrons. The Labute approximate surface area is 169 Å². The molecule has 2 aromatic rings. The molecular weight excluding hydrogens is 386 g/mol. The van der Waals surface area contributed by atoms with Gasteiger partial charge in [0, 0.05) is 22.5 Å². The zero-order valence-corrected chi connectivity index (χ0v) is 16.7. The van der Waals surface area contributed by atoms with Gasteiger partial charge in [0.05, 0.1) is 6.04 Å². The van der Waals surface area contributed by atoms with E-state index in [4.69, 9.17) is 23.2 Å². The Morgan fingerprint density at radius 2 is 1.85 bits per heavy atom. The monoisotopic (exact) mass is 408 g/mol. The van der Waals surface area contributed by atoms with Gasteiger partial charge in [-0.1, -0.05) is 41.4 Å². The minimum absolute atomic E-state index is 0.00448. The van der Waals surface area contributed by atoms with Gasteiger partial charge in [0.1, 0.15) is 5.82 Å². The number of amides is 1. The van der Waals surface area contributed by atoms with E-state index in [2.05, 4.69) is 10.2 Å². The fraction of sp³-hybridized carbons (Fsp3) is 0.381. The summed E-state index contributed by atoms with van der Waals surface area (Å²) >= 11 is 12.2. The zero-order valence-electron chi connectivity index (χ0n) is 15.2. The summed E-state index contributed by atoms with van der Waals surface area (Å²) in [4.78, 5) is 14.9. The van der Waals surface area contributed by atoms with Gasteiger partial charge in [0.25, 0.3) is 0 Å². The molecule has 3 nitrogen and oxygen atoms in total. The summed E-state index contributed by atoms with van der Waals surface area (Å²) in [5.74, 6) is -0.203. The standard InChI is InChI=1S/C21H23Cl2FN2O/c1-14(15-3-6-19(24)7-4-15)25-21(27)16-8-10-26(11-9-16)13-17-2-5-18(22)12-20(17)23/h2-7,12,14,16H,8-11,13H2,1H3,(H,25,27)/t14-/m1/s1. The summed E-state index contributed by atoms with van der Waals surface area (Å²) in [6, 6.07) is 11.7. The Hall–Kier alpha value is -1.62. The van der Waals surface area contributed by atoms with Crippen LogP contribution in [0.5, 0.6) is 0 Å². The van der Waals surface area contributed by atoms with E-state index in [1.165, 1.54) is 12.1 Å². The minimum Gasteiger partial charge on any atom is -0.349 e. The van der Waals surface area contributed by atoms with E-state index in [1.54, 1.807) is 18.2 Å². The molecule has 27 heavy (non-hydrogen) atoms. The summed E-state index contributed by atoms with van der Waals surface area (Å²) in [5.41, 5.74) is 1.95. The van der Waals surface area contributed by atoms with Crippen molar-refractivity contribution in [3.8, 4) is 0 Å². The largest absolute Gasteiger partial charge is 0.349 e. The average Bonchev–Trinajstić information content (AvgIpc) is 2.65. The van der Waals surface area contributed by atoms with Crippen molar-refractivity contribution in [3.05, 3.63) is 69.5 Å². The Morgan fingerprint density at radius 1 is 1.19 bits per heavy atom. The van der Waals surface area contributed by atoms with Crippen LogP contribution in [-0.4, -0.2) is 23.9 Å². The Balaban J connectivity index is 1.49.